The number of methoxy groups -OCH3 is 1. The maximum atomic E-state index is 12.5. The average molecular weight is 452 g/mol. The van der Waals surface area contributed by atoms with Gasteiger partial charge in [-0.05, 0) is 48.0 Å². The van der Waals surface area contributed by atoms with E-state index in [0.29, 0.717) is 27.8 Å². The van der Waals surface area contributed by atoms with Crippen LogP contribution in [0.1, 0.15) is 18.1 Å². The molecule has 3 rings (SSSR count). The van der Waals surface area contributed by atoms with Crippen molar-refractivity contribution in [2.24, 2.45) is 0 Å². The van der Waals surface area contributed by atoms with Crippen molar-refractivity contribution < 1.29 is 23.8 Å². The fourth-order valence-corrected chi connectivity index (χ4v) is 3.04. The standard InChI is InChI=1S/C25H22ClNO5/c1-17(28)32-24-14-18(10-12-23(24)30-2)11-13-25(29)27-22-9-4-3-6-19(22)16-31-21-8-5-7-20(26)15-21/h3-15H,16H2,1-2H3,(H,27,29)/b13-11+. The lowest BCUT2D eigenvalue weighted by Gasteiger charge is -2.11. The van der Waals surface area contributed by atoms with E-state index in [9.17, 15) is 9.59 Å². The van der Waals surface area contributed by atoms with Crippen LogP contribution in [0.2, 0.25) is 5.02 Å². The molecule has 0 saturated carbocycles. The summed E-state index contributed by atoms with van der Waals surface area (Å²) in [7, 11) is 1.48. The normalized spacial score (nSPS) is 10.6. The lowest BCUT2D eigenvalue weighted by Crippen LogP contribution is -2.10. The zero-order valence-corrected chi connectivity index (χ0v) is 18.4. The van der Waals surface area contributed by atoms with E-state index in [1.807, 2.05) is 30.3 Å². The van der Waals surface area contributed by atoms with Crippen LogP contribution in [0, 0.1) is 0 Å². The summed E-state index contributed by atoms with van der Waals surface area (Å²) < 4.78 is 16.1. The molecule has 6 nitrogen and oxygen atoms in total. The Morgan fingerprint density at radius 2 is 1.81 bits per heavy atom. The molecule has 0 heterocycles. The van der Waals surface area contributed by atoms with Gasteiger partial charge in [0, 0.05) is 29.3 Å². The number of nitrogens with one attached hydrogen (secondary N) is 1. The topological polar surface area (TPSA) is 73.9 Å². The highest BCUT2D eigenvalue weighted by atomic mass is 35.5. The van der Waals surface area contributed by atoms with Crippen LogP contribution in [0.3, 0.4) is 0 Å². The molecule has 3 aromatic carbocycles. The molecule has 0 radical (unpaired) electrons. The smallest absolute Gasteiger partial charge is 0.308 e. The van der Waals surface area contributed by atoms with Gasteiger partial charge in [-0.15, -0.1) is 0 Å². The van der Waals surface area contributed by atoms with Gasteiger partial charge in [-0.25, -0.2) is 0 Å². The number of carbonyl (C=O) groups is 2. The van der Waals surface area contributed by atoms with Gasteiger partial charge >= 0.3 is 5.97 Å². The van der Waals surface area contributed by atoms with Crippen molar-refractivity contribution in [2.75, 3.05) is 12.4 Å². The predicted octanol–water partition coefficient (Wildman–Crippen LogP) is 5.50. The largest absolute Gasteiger partial charge is 0.493 e. The van der Waals surface area contributed by atoms with Crippen molar-refractivity contribution in [2.45, 2.75) is 13.5 Å². The van der Waals surface area contributed by atoms with Crippen LogP contribution in [0.5, 0.6) is 17.2 Å². The van der Waals surface area contributed by atoms with Crippen molar-refractivity contribution in [3.05, 3.63) is 89.0 Å². The second-order valence-corrected chi connectivity index (χ2v) is 7.17. The number of amides is 1. The van der Waals surface area contributed by atoms with Crippen LogP contribution in [0.25, 0.3) is 6.08 Å². The summed E-state index contributed by atoms with van der Waals surface area (Å²) in [5.41, 5.74) is 2.13. The Balaban J connectivity index is 1.67. The first kappa shape index (κ1) is 22.9. The predicted molar refractivity (Wildman–Crippen MR) is 124 cm³/mol. The minimum Gasteiger partial charge on any atom is -0.493 e. The summed E-state index contributed by atoms with van der Waals surface area (Å²) in [6.07, 6.45) is 3.01. The summed E-state index contributed by atoms with van der Waals surface area (Å²) >= 11 is 5.99. The summed E-state index contributed by atoms with van der Waals surface area (Å²) in [5.74, 6) is 0.576. The third-order valence-electron chi connectivity index (χ3n) is 4.33. The number of ether oxygens (including phenoxy) is 3. The first-order valence-electron chi connectivity index (χ1n) is 9.76. The molecule has 0 aliphatic carbocycles. The number of halogens is 1. The molecule has 0 aliphatic heterocycles. The molecule has 0 unspecified atom stereocenters. The van der Waals surface area contributed by atoms with Crippen LogP contribution < -0.4 is 19.5 Å². The maximum Gasteiger partial charge on any atom is 0.308 e. The molecule has 0 aromatic heterocycles. The number of benzene rings is 3. The molecule has 1 N–H and O–H groups in total. The quantitative estimate of drug-likeness (QED) is 0.278. The van der Waals surface area contributed by atoms with Crippen molar-refractivity contribution in [3.8, 4) is 17.2 Å². The number of para-hydroxylation sites is 1. The van der Waals surface area contributed by atoms with E-state index in [2.05, 4.69) is 5.32 Å². The zero-order valence-electron chi connectivity index (χ0n) is 17.6. The number of rotatable bonds is 8. The van der Waals surface area contributed by atoms with Gasteiger partial charge in [-0.3, -0.25) is 9.59 Å². The molecule has 7 heteroatoms. The first-order valence-corrected chi connectivity index (χ1v) is 10.1. The molecular weight excluding hydrogens is 430 g/mol. The number of hydrogen-bond acceptors (Lipinski definition) is 5. The van der Waals surface area contributed by atoms with Gasteiger partial charge in [0.2, 0.25) is 5.91 Å². The lowest BCUT2D eigenvalue weighted by atomic mass is 10.1. The number of hydrogen-bond donors (Lipinski definition) is 1. The summed E-state index contributed by atoms with van der Waals surface area (Å²) in [6.45, 7) is 1.58. The number of esters is 1. The fraction of sp³-hybridized carbons (Fsp3) is 0.120. The van der Waals surface area contributed by atoms with Crippen molar-refractivity contribution in [1.82, 2.24) is 0 Å². The molecule has 32 heavy (non-hydrogen) atoms. The summed E-state index contributed by atoms with van der Waals surface area (Å²) in [4.78, 5) is 23.8. The molecule has 0 saturated heterocycles. The van der Waals surface area contributed by atoms with E-state index >= 15 is 0 Å². The van der Waals surface area contributed by atoms with Crippen molar-refractivity contribution in [3.63, 3.8) is 0 Å². The Labute approximate surface area is 191 Å². The highest BCUT2D eigenvalue weighted by Gasteiger charge is 2.09. The van der Waals surface area contributed by atoms with Crippen molar-refractivity contribution >= 4 is 35.2 Å². The maximum absolute atomic E-state index is 12.5. The van der Waals surface area contributed by atoms with Crippen LogP contribution in [-0.4, -0.2) is 19.0 Å². The molecule has 0 fully saturated rings. The molecule has 0 spiro atoms. The molecule has 0 bridgehead atoms. The van der Waals surface area contributed by atoms with E-state index in [1.165, 1.54) is 20.1 Å². The highest BCUT2D eigenvalue weighted by molar-refractivity contribution is 6.30. The second kappa shape index (κ2) is 11.0. The van der Waals surface area contributed by atoms with Gasteiger partial charge in [-0.1, -0.05) is 41.9 Å². The van der Waals surface area contributed by atoms with Crippen LogP contribution in [0.15, 0.2) is 72.8 Å². The fourth-order valence-electron chi connectivity index (χ4n) is 2.86. The van der Waals surface area contributed by atoms with Gasteiger partial charge < -0.3 is 19.5 Å². The Hall–Kier alpha value is -3.77. The third kappa shape index (κ3) is 6.62. The summed E-state index contributed by atoms with van der Waals surface area (Å²) in [6, 6.07) is 19.5. The monoisotopic (exact) mass is 451 g/mol. The Morgan fingerprint density at radius 3 is 2.56 bits per heavy atom. The molecular formula is C25H22ClNO5. The van der Waals surface area contributed by atoms with E-state index < -0.39 is 5.97 Å². The third-order valence-corrected chi connectivity index (χ3v) is 4.57. The SMILES string of the molecule is COc1ccc(/C=C/C(=O)Nc2ccccc2COc2cccc(Cl)c2)cc1OC(C)=O. The molecule has 3 aromatic rings. The number of carbonyl (C=O) groups excluding carboxylic acids is 2. The highest BCUT2D eigenvalue weighted by Crippen LogP contribution is 2.29. The van der Waals surface area contributed by atoms with E-state index in [1.54, 1.807) is 42.5 Å². The first-order chi connectivity index (χ1) is 15.4. The lowest BCUT2D eigenvalue weighted by molar-refractivity contribution is -0.132. The minimum absolute atomic E-state index is 0.269. The second-order valence-electron chi connectivity index (χ2n) is 6.73. The zero-order chi connectivity index (χ0) is 22.9. The molecule has 164 valence electrons. The van der Waals surface area contributed by atoms with Crippen LogP contribution in [0.4, 0.5) is 5.69 Å². The Bertz CT molecular complexity index is 1140. The van der Waals surface area contributed by atoms with Gasteiger partial charge in [0.25, 0.3) is 0 Å². The Kier molecular flexibility index (Phi) is 7.89. The molecule has 0 aliphatic rings. The number of anilines is 1. The minimum atomic E-state index is -0.459. The van der Waals surface area contributed by atoms with Crippen LogP contribution >= 0.6 is 11.6 Å². The van der Waals surface area contributed by atoms with Gasteiger partial charge in [0.05, 0.1) is 7.11 Å². The summed E-state index contributed by atoms with van der Waals surface area (Å²) in [5, 5.41) is 3.44. The van der Waals surface area contributed by atoms with Crippen LogP contribution in [-0.2, 0) is 16.2 Å². The van der Waals surface area contributed by atoms with Gasteiger partial charge in [0.15, 0.2) is 11.5 Å². The van der Waals surface area contributed by atoms with E-state index in [-0.39, 0.29) is 18.3 Å². The molecule has 1 amide bonds. The van der Waals surface area contributed by atoms with E-state index in [0.717, 1.165) is 5.56 Å². The molecule has 0 atom stereocenters. The average Bonchev–Trinajstić information content (AvgIpc) is 2.77. The van der Waals surface area contributed by atoms with Gasteiger partial charge in [-0.2, -0.15) is 0 Å². The Morgan fingerprint density at radius 1 is 1.00 bits per heavy atom. The van der Waals surface area contributed by atoms with E-state index in [4.69, 9.17) is 25.8 Å². The van der Waals surface area contributed by atoms with Gasteiger partial charge in [0.1, 0.15) is 12.4 Å². The van der Waals surface area contributed by atoms with Crippen molar-refractivity contribution in [1.29, 1.82) is 0 Å².